The zero-order valence-electron chi connectivity index (χ0n) is 19.4. The number of hydrogen-bond donors (Lipinski definition) is 2. The van der Waals surface area contributed by atoms with Crippen molar-refractivity contribution < 1.29 is 23.9 Å². The Morgan fingerprint density at radius 2 is 1.88 bits per heavy atom. The van der Waals surface area contributed by atoms with Crippen LogP contribution in [0.15, 0.2) is 35.5 Å². The first-order chi connectivity index (χ1) is 16.5. The fourth-order valence-corrected chi connectivity index (χ4v) is 6.90. The van der Waals surface area contributed by atoms with E-state index >= 15 is 0 Å². The molecule has 2 aromatic heterocycles. The van der Waals surface area contributed by atoms with Crippen LogP contribution in [0.25, 0.3) is 0 Å². The van der Waals surface area contributed by atoms with Gasteiger partial charge in [0.1, 0.15) is 12.9 Å². The monoisotopic (exact) mass is 485 g/mol. The number of rotatable bonds is 7. The van der Waals surface area contributed by atoms with Crippen LogP contribution in [0, 0.1) is 11.8 Å². The normalized spacial score (nSPS) is 28.7. The van der Waals surface area contributed by atoms with Crippen molar-refractivity contribution in [3.05, 3.63) is 41.1 Å². The van der Waals surface area contributed by atoms with Crippen LogP contribution in [-0.2, 0) is 19.9 Å². The van der Waals surface area contributed by atoms with Gasteiger partial charge in [-0.2, -0.15) is 11.3 Å². The quantitative estimate of drug-likeness (QED) is 0.462. The third-order valence-electron chi connectivity index (χ3n) is 8.09. The van der Waals surface area contributed by atoms with Crippen LogP contribution in [0.3, 0.4) is 0 Å². The number of nitrogens with zero attached hydrogens (tertiary/aromatic N) is 3. The SMILES string of the molecule is O=C(C[N+]12CCC(CC1)[C@@H](OC(=O)C(O)(c1ccsc1)C1CCCCC1)C2)Nc1cncnc1. The zero-order valence-corrected chi connectivity index (χ0v) is 20.2. The molecule has 8 nitrogen and oxygen atoms in total. The molecule has 1 amide bonds. The Hall–Kier alpha value is -2.36. The third kappa shape index (κ3) is 4.61. The molecule has 1 unspecified atom stereocenters. The molecule has 4 fully saturated rings. The highest BCUT2D eigenvalue weighted by Gasteiger charge is 2.52. The molecule has 3 aliphatic heterocycles. The maximum Gasteiger partial charge on any atom is 0.343 e. The van der Waals surface area contributed by atoms with Crippen molar-refractivity contribution in [2.75, 3.05) is 31.5 Å². The van der Waals surface area contributed by atoms with Gasteiger partial charge >= 0.3 is 5.97 Å². The van der Waals surface area contributed by atoms with Gasteiger partial charge in [-0.15, -0.1) is 0 Å². The van der Waals surface area contributed by atoms with Crippen molar-refractivity contribution in [1.82, 2.24) is 9.97 Å². The van der Waals surface area contributed by atoms with Crippen molar-refractivity contribution >= 4 is 28.9 Å². The number of esters is 1. The number of amides is 1. The molecule has 2 atom stereocenters. The van der Waals surface area contributed by atoms with Gasteiger partial charge in [-0.25, -0.2) is 14.8 Å². The summed E-state index contributed by atoms with van der Waals surface area (Å²) in [7, 11) is 0. The molecule has 3 saturated heterocycles. The van der Waals surface area contributed by atoms with Gasteiger partial charge in [-0.1, -0.05) is 19.3 Å². The third-order valence-corrected chi connectivity index (χ3v) is 8.77. The average molecular weight is 486 g/mol. The summed E-state index contributed by atoms with van der Waals surface area (Å²) < 4.78 is 6.75. The summed E-state index contributed by atoms with van der Waals surface area (Å²) in [5.74, 6) is -0.433. The average Bonchev–Trinajstić information content (AvgIpc) is 3.40. The number of aromatic nitrogens is 2. The molecule has 2 aromatic rings. The number of ether oxygens (including phenoxy) is 1. The molecule has 2 N–H and O–H groups in total. The number of hydrogen-bond acceptors (Lipinski definition) is 7. The lowest BCUT2D eigenvalue weighted by Crippen LogP contribution is -2.66. The van der Waals surface area contributed by atoms with E-state index in [1.54, 1.807) is 12.4 Å². The molecule has 1 aliphatic carbocycles. The number of thiophene rings is 1. The van der Waals surface area contributed by atoms with E-state index in [1.807, 2.05) is 16.8 Å². The fourth-order valence-electron chi connectivity index (χ4n) is 6.19. The van der Waals surface area contributed by atoms with Gasteiger partial charge in [-0.05, 0) is 29.7 Å². The van der Waals surface area contributed by atoms with E-state index in [2.05, 4.69) is 15.3 Å². The maximum absolute atomic E-state index is 13.6. The number of carbonyl (C=O) groups is 2. The van der Waals surface area contributed by atoms with Gasteiger partial charge in [0.05, 0.1) is 31.2 Å². The summed E-state index contributed by atoms with van der Waals surface area (Å²) in [6.45, 7) is 2.73. The zero-order chi connectivity index (χ0) is 23.6. The van der Waals surface area contributed by atoms with Crippen molar-refractivity contribution in [3.8, 4) is 0 Å². The summed E-state index contributed by atoms with van der Waals surface area (Å²) in [4.78, 5) is 34.3. The summed E-state index contributed by atoms with van der Waals surface area (Å²) in [5.41, 5.74) is -0.361. The minimum absolute atomic E-state index is 0.0859. The molecular weight excluding hydrogens is 452 g/mol. The standard InChI is InChI=1S/C25H32N4O4S/c30-23(28-21-12-26-17-27-13-21)15-29-9-6-18(7-10-29)22(14-29)33-24(31)25(32,20-8-11-34-16-20)19-4-2-1-3-5-19/h8,11-13,16-19,22,32H,1-7,9-10,14-15H2/p+1/t18?,22-,25?,29?/m0/s1. The molecule has 2 bridgehead atoms. The summed E-state index contributed by atoms with van der Waals surface area (Å²) in [5, 5.41) is 18.4. The van der Waals surface area contributed by atoms with Crippen LogP contribution < -0.4 is 5.32 Å². The van der Waals surface area contributed by atoms with Gasteiger partial charge in [0.15, 0.2) is 18.2 Å². The maximum atomic E-state index is 13.6. The molecule has 9 heteroatoms. The van der Waals surface area contributed by atoms with Gasteiger partial charge in [-0.3, -0.25) is 4.79 Å². The van der Waals surface area contributed by atoms with Gasteiger partial charge in [0.2, 0.25) is 0 Å². The Bertz CT molecular complexity index is 988. The highest BCUT2D eigenvalue weighted by Crippen LogP contribution is 2.43. The Morgan fingerprint density at radius 1 is 1.15 bits per heavy atom. The highest BCUT2D eigenvalue weighted by molar-refractivity contribution is 7.08. The van der Waals surface area contributed by atoms with Gasteiger partial charge < -0.3 is 19.6 Å². The molecule has 1 saturated carbocycles. The van der Waals surface area contributed by atoms with Crippen molar-refractivity contribution in [3.63, 3.8) is 0 Å². The number of anilines is 1. The Morgan fingerprint density at radius 3 is 2.56 bits per heavy atom. The number of nitrogens with one attached hydrogen (secondary N) is 1. The lowest BCUT2D eigenvalue weighted by Gasteiger charge is -2.52. The number of piperidine rings is 3. The van der Waals surface area contributed by atoms with Crippen LogP contribution in [0.4, 0.5) is 5.69 Å². The van der Waals surface area contributed by atoms with E-state index in [4.69, 9.17) is 4.74 Å². The van der Waals surface area contributed by atoms with Crippen molar-refractivity contribution in [2.24, 2.45) is 11.8 Å². The topological polar surface area (TPSA) is 101 Å². The molecule has 182 valence electrons. The highest BCUT2D eigenvalue weighted by atomic mass is 32.1. The van der Waals surface area contributed by atoms with Gasteiger partial charge in [0.25, 0.3) is 5.91 Å². The largest absolute Gasteiger partial charge is 0.454 e. The van der Waals surface area contributed by atoms with Crippen LogP contribution in [0.1, 0.15) is 50.5 Å². The predicted molar refractivity (Wildman–Crippen MR) is 128 cm³/mol. The van der Waals surface area contributed by atoms with Crippen LogP contribution >= 0.6 is 11.3 Å². The van der Waals surface area contributed by atoms with Crippen LogP contribution in [0.5, 0.6) is 0 Å². The van der Waals surface area contributed by atoms with Gasteiger partial charge in [0, 0.05) is 30.2 Å². The minimum atomic E-state index is -1.60. The van der Waals surface area contributed by atoms with E-state index in [-0.39, 0.29) is 23.8 Å². The van der Waals surface area contributed by atoms with Crippen LogP contribution in [-0.4, -0.2) is 63.7 Å². The smallest absolute Gasteiger partial charge is 0.343 e. The second-order valence-electron chi connectivity index (χ2n) is 10.2. The van der Waals surface area contributed by atoms with Crippen molar-refractivity contribution in [1.29, 1.82) is 0 Å². The molecule has 6 rings (SSSR count). The Kier molecular flexibility index (Phi) is 6.68. The van der Waals surface area contributed by atoms with E-state index in [1.165, 1.54) is 17.7 Å². The summed E-state index contributed by atoms with van der Waals surface area (Å²) >= 11 is 1.49. The summed E-state index contributed by atoms with van der Waals surface area (Å²) in [6, 6.07) is 1.85. The van der Waals surface area contributed by atoms with E-state index in [9.17, 15) is 14.7 Å². The van der Waals surface area contributed by atoms with Crippen LogP contribution in [0.2, 0.25) is 0 Å². The number of quaternary nitrogens is 1. The Balaban J connectivity index is 1.29. The molecule has 4 aliphatic rings. The first kappa shape index (κ1) is 23.4. The molecular formula is C25H33N4O4S+. The van der Waals surface area contributed by atoms with E-state index in [0.717, 1.165) is 58.0 Å². The lowest BCUT2D eigenvalue weighted by atomic mass is 9.74. The number of fused-ring (bicyclic) bond motifs is 3. The second-order valence-corrected chi connectivity index (χ2v) is 11.0. The molecule has 0 spiro atoms. The molecule has 0 aromatic carbocycles. The molecule has 34 heavy (non-hydrogen) atoms. The molecule has 0 radical (unpaired) electrons. The second kappa shape index (κ2) is 9.71. The Labute approximate surface area is 204 Å². The number of carbonyl (C=O) groups excluding carboxylic acids is 2. The summed E-state index contributed by atoms with van der Waals surface area (Å²) in [6.07, 6.45) is 11.0. The van der Waals surface area contributed by atoms with E-state index < -0.39 is 11.6 Å². The lowest BCUT2D eigenvalue weighted by molar-refractivity contribution is -0.939. The molecule has 5 heterocycles. The van der Waals surface area contributed by atoms with Crippen molar-refractivity contribution in [2.45, 2.75) is 56.7 Å². The first-order valence-electron chi connectivity index (χ1n) is 12.3. The fraction of sp³-hybridized carbons (Fsp3) is 0.600. The minimum Gasteiger partial charge on any atom is -0.454 e. The van der Waals surface area contributed by atoms with E-state index in [0.29, 0.717) is 28.8 Å². The number of aliphatic hydroxyl groups is 1. The first-order valence-corrected chi connectivity index (χ1v) is 13.3. The predicted octanol–water partition coefficient (Wildman–Crippen LogP) is 3.10.